The van der Waals surface area contributed by atoms with Crippen LogP contribution in [0.25, 0.3) is 11.1 Å². The minimum absolute atomic E-state index is 0.103. The number of carbonyl (C=O) groups excluding carboxylic acids is 2. The number of ether oxygens (including phenoxy) is 1. The van der Waals surface area contributed by atoms with Gasteiger partial charge in [0.15, 0.2) is 6.04 Å². The molecule has 3 N–H and O–H groups in total. The Bertz CT molecular complexity index is 1160. The van der Waals surface area contributed by atoms with Crippen LogP contribution in [0.15, 0.2) is 60.8 Å². The lowest BCUT2D eigenvalue weighted by Crippen LogP contribution is -2.47. The summed E-state index contributed by atoms with van der Waals surface area (Å²) in [5.41, 5.74) is 4.70. The Morgan fingerprint density at radius 3 is 2.18 bits per heavy atom. The number of nitrogens with zero attached hydrogens (tertiary/aromatic N) is 2. The van der Waals surface area contributed by atoms with Crippen LogP contribution in [0.1, 0.15) is 35.7 Å². The standard InChI is InChI=1S/C24H24N4O5/c1-14(22(29)27-21(23(30)31)20-11-12-25-28(20)2)26-24(32)33-13-19-17-9-5-3-7-15(17)16-8-4-6-10-18(16)19/h3-12,14,19,21H,13H2,1-2H3,(H,26,32)(H,27,29)(H,30,31)/t14-,21?/m0/s1. The van der Waals surface area contributed by atoms with Crippen molar-refractivity contribution >= 4 is 18.0 Å². The minimum Gasteiger partial charge on any atom is -0.479 e. The molecular formula is C24H24N4O5. The fraction of sp³-hybridized carbons (Fsp3) is 0.250. The molecule has 2 atom stereocenters. The van der Waals surface area contributed by atoms with Gasteiger partial charge in [-0.3, -0.25) is 9.48 Å². The molecular weight excluding hydrogens is 424 g/mol. The summed E-state index contributed by atoms with van der Waals surface area (Å²) in [4.78, 5) is 36.5. The molecule has 170 valence electrons. The lowest BCUT2D eigenvalue weighted by molar-refractivity contribution is -0.142. The van der Waals surface area contributed by atoms with Gasteiger partial charge < -0.3 is 20.5 Å². The van der Waals surface area contributed by atoms with Crippen molar-refractivity contribution in [2.45, 2.75) is 24.9 Å². The Labute approximate surface area is 190 Å². The molecule has 1 unspecified atom stereocenters. The van der Waals surface area contributed by atoms with E-state index in [4.69, 9.17) is 4.74 Å². The van der Waals surface area contributed by atoms with Gasteiger partial charge >= 0.3 is 12.1 Å². The number of aryl methyl sites for hydroxylation is 1. The van der Waals surface area contributed by atoms with Crippen molar-refractivity contribution in [3.63, 3.8) is 0 Å². The molecule has 1 aliphatic carbocycles. The van der Waals surface area contributed by atoms with E-state index in [1.165, 1.54) is 23.9 Å². The van der Waals surface area contributed by atoms with Gasteiger partial charge in [0.25, 0.3) is 0 Å². The highest BCUT2D eigenvalue weighted by molar-refractivity contribution is 5.89. The maximum absolute atomic E-state index is 12.5. The topological polar surface area (TPSA) is 123 Å². The van der Waals surface area contributed by atoms with Crippen molar-refractivity contribution in [2.24, 2.45) is 7.05 Å². The van der Waals surface area contributed by atoms with Crippen LogP contribution in [0.2, 0.25) is 0 Å². The van der Waals surface area contributed by atoms with Crippen LogP contribution in [-0.4, -0.2) is 45.5 Å². The Morgan fingerprint density at radius 1 is 1.03 bits per heavy atom. The van der Waals surface area contributed by atoms with Crippen LogP contribution in [0.5, 0.6) is 0 Å². The highest BCUT2D eigenvalue weighted by Gasteiger charge is 2.30. The number of hydrogen-bond acceptors (Lipinski definition) is 5. The Balaban J connectivity index is 1.37. The lowest BCUT2D eigenvalue weighted by atomic mass is 9.98. The van der Waals surface area contributed by atoms with Gasteiger partial charge in [0.1, 0.15) is 12.6 Å². The van der Waals surface area contributed by atoms with Gasteiger partial charge in [0.2, 0.25) is 5.91 Å². The Kier molecular flexibility index (Phi) is 6.12. The molecule has 0 radical (unpaired) electrons. The van der Waals surface area contributed by atoms with Gasteiger partial charge in [-0.25, -0.2) is 9.59 Å². The molecule has 4 rings (SSSR count). The molecule has 0 spiro atoms. The van der Waals surface area contributed by atoms with Crippen LogP contribution < -0.4 is 10.6 Å². The van der Waals surface area contributed by atoms with Crippen molar-refractivity contribution in [2.75, 3.05) is 6.61 Å². The first-order valence-electron chi connectivity index (χ1n) is 10.5. The molecule has 2 aromatic carbocycles. The number of benzene rings is 2. The lowest BCUT2D eigenvalue weighted by Gasteiger charge is -2.19. The van der Waals surface area contributed by atoms with Crippen LogP contribution in [0, 0.1) is 0 Å². The maximum atomic E-state index is 12.5. The van der Waals surface area contributed by atoms with Crippen molar-refractivity contribution in [3.05, 3.63) is 77.6 Å². The van der Waals surface area contributed by atoms with E-state index in [1.54, 1.807) is 7.05 Å². The molecule has 0 fully saturated rings. The number of aromatic nitrogens is 2. The zero-order valence-corrected chi connectivity index (χ0v) is 18.2. The average molecular weight is 448 g/mol. The second kappa shape index (κ2) is 9.15. The number of alkyl carbamates (subject to hydrolysis) is 1. The third-order valence-electron chi connectivity index (χ3n) is 5.76. The average Bonchev–Trinajstić information content (AvgIpc) is 3.36. The fourth-order valence-corrected chi connectivity index (χ4v) is 4.08. The quantitative estimate of drug-likeness (QED) is 0.511. The summed E-state index contributed by atoms with van der Waals surface area (Å²) < 4.78 is 6.81. The molecule has 1 heterocycles. The predicted molar refractivity (Wildman–Crippen MR) is 119 cm³/mol. The fourth-order valence-electron chi connectivity index (χ4n) is 4.08. The number of carbonyl (C=O) groups is 3. The Morgan fingerprint density at radius 2 is 1.64 bits per heavy atom. The van der Waals surface area contributed by atoms with E-state index in [1.807, 2.05) is 48.5 Å². The summed E-state index contributed by atoms with van der Waals surface area (Å²) in [6.45, 7) is 1.57. The SMILES string of the molecule is C[C@H](NC(=O)OCC1c2ccccc2-c2ccccc21)C(=O)NC(C(=O)O)c1ccnn1C. The highest BCUT2D eigenvalue weighted by Crippen LogP contribution is 2.44. The minimum atomic E-state index is -1.29. The number of aliphatic carboxylic acids is 1. The van der Waals surface area contributed by atoms with Gasteiger partial charge in [-0.1, -0.05) is 48.5 Å². The van der Waals surface area contributed by atoms with E-state index in [0.29, 0.717) is 5.69 Å². The smallest absolute Gasteiger partial charge is 0.407 e. The van der Waals surface area contributed by atoms with E-state index in [2.05, 4.69) is 15.7 Å². The highest BCUT2D eigenvalue weighted by atomic mass is 16.5. The van der Waals surface area contributed by atoms with Crippen molar-refractivity contribution in [1.29, 1.82) is 0 Å². The molecule has 33 heavy (non-hydrogen) atoms. The van der Waals surface area contributed by atoms with Gasteiger partial charge in [0, 0.05) is 19.2 Å². The monoisotopic (exact) mass is 448 g/mol. The zero-order valence-electron chi connectivity index (χ0n) is 18.2. The summed E-state index contributed by atoms with van der Waals surface area (Å²) in [5.74, 6) is -1.99. The van der Waals surface area contributed by atoms with Gasteiger partial charge in [-0.2, -0.15) is 5.10 Å². The molecule has 0 saturated carbocycles. The molecule has 0 saturated heterocycles. The van der Waals surface area contributed by atoms with Crippen LogP contribution >= 0.6 is 0 Å². The molecule has 1 aliphatic rings. The van der Waals surface area contributed by atoms with E-state index in [0.717, 1.165) is 22.3 Å². The van der Waals surface area contributed by atoms with Crippen LogP contribution in [0.3, 0.4) is 0 Å². The van der Waals surface area contributed by atoms with Crippen LogP contribution in [0.4, 0.5) is 4.79 Å². The predicted octanol–water partition coefficient (Wildman–Crippen LogP) is 2.59. The second-order valence-electron chi connectivity index (χ2n) is 7.85. The maximum Gasteiger partial charge on any atom is 0.407 e. The number of carboxylic acid groups (broad SMARTS) is 1. The molecule has 2 amide bonds. The van der Waals surface area contributed by atoms with E-state index in [-0.39, 0.29) is 12.5 Å². The van der Waals surface area contributed by atoms with E-state index in [9.17, 15) is 19.5 Å². The first-order chi connectivity index (χ1) is 15.9. The van der Waals surface area contributed by atoms with E-state index >= 15 is 0 Å². The first-order valence-corrected chi connectivity index (χ1v) is 10.5. The van der Waals surface area contributed by atoms with Crippen molar-refractivity contribution in [1.82, 2.24) is 20.4 Å². The first kappa shape index (κ1) is 22.1. The van der Waals surface area contributed by atoms with Gasteiger partial charge in [-0.05, 0) is 35.2 Å². The molecule has 0 aliphatic heterocycles. The summed E-state index contributed by atoms with van der Waals surface area (Å²) in [6, 6.07) is 15.2. The van der Waals surface area contributed by atoms with Gasteiger partial charge in [0.05, 0.1) is 5.69 Å². The Hall–Kier alpha value is -4.14. The number of amides is 2. The number of carboxylic acids is 1. The number of nitrogens with one attached hydrogen (secondary N) is 2. The van der Waals surface area contributed by atoms with Crippen LogP contribution in [-0.2, 0) is 21.4 Å². The normalized spacial score (nSPS) is 14.0. The van der Waals surface area contributed by atoms with E-state index < -0.39 is 30.1 Å². The summed E-state index contributed by atoms with van der Waals surface area (Å²) in [6.07, 6.45) is 0.683. The molecule has 9 nitrogen and oxygen atoms in total. The number of hydrogen-bond donors (Lipinski definition) is 3. The largest absolute Gasteiger partial charge is 0.479 e. The molecule has 3 aromatic rings. The molecule has 1 aromatic heterocycles. The summed E-state index contributed by atoms with van der Waals surface area (Å²) in [5, 5.41) is 18.3. The number of fused-ring (bicyclic) bond motifs is 3. The summed E-state index contributed by atoms with van der Waals surface area (Å²) in [7, 11) is 1.58. The third-order valence-corrected chi connectivity index (χ3v) is 5.76. The van der Waals surface area contributed by atoms with Gasteiger partial charge in [-0.15, -0.1) is 0 Å². The third kappa shape index (κ3) is 4.43. The zero-order chi connectivity index (χ0) is 23.5. The van der Waals surface area contributed by atoms with Crippen molar-refractivity contribution in [3.8, 4) is 11.1 Å². The second-order valence-corrected chi connectivity index (χ2v) is 7.85. The molecule has 9 heteroatoms. The summed E-state index contributed by atoms with van der Waals surface area (Å²) >= 11 is 0. The number of rotatable bonds is 7. The van der Waals surface area contributed by atoms with Crippen molar-refractivity contribution < 1.29 is 24.2 Å². The molecule has 0 bridgehead atoms.